The summed E-state index contributed by atoms with van der Waals surface area (Å²) in [5, 5.41) is 3.30. The molecule has 17 heavy (non-hydrogen) atoms. The summed E-state index contributed by atoms with van der Waals surface area (Å²) < 4.78 is 22.1. The Morgan fingerprint density at radius 3 is 2.65 bits per heavy atom. The predicted molar refractivity (Wildman–Crippen MR) is 67.5 cm³/mol. The molecule has 1 aliphatic rings. The number of piperidine rings is 1. The number of rotatable bonds is 4. The molecule has 1 heterocycles. The summed E-state index contributed by atoms with van der Waals surface area (Å²) in [7, 11) is -1.32. The monoisotopic (exact) mass is 262 g/mol. The Hall–Kier alpha value is -0.620. The largest absolute Gasteiger partial charge is 0.345 e. The number of sulfone groups is 1. The molecule has 100 valence electrons. The van der Waals surface area contributed by atoms with E-state index in [2.05, 4.69) is 12.2 Å². The number of hydrogen-bond donors (Lipinski definition) is 1. The summed E-state index contributed by atoms with van der Waals surface area (Å²) in [4.78, 5) is 13.6. The Labute approximate surface area is 103 Å². The van der Waals surface area contributed by atoms with Crippen LogP contribution in [-0.4, -0.2) is 57.4 Å². The normalized spacial score (nSPS) is 25.6. The molecule has 0 bridgehead atoms. The van der Waals surface area contributed by atoms with Crippen LogP contribution in [0.3, 0.4) is 0 Å². The number of carbonyl (C=O) groups excluding carboxylic acids is 1. The predicted octanol–water partition coefficient (Wildman–Crippen LogP) is -0.122. The first-order chi connectivity index (χ1) is 7.79. The summed E-state index contributed by atoms with van der Waals surface area (Å²) in [5.41, 5.74) is 0. The lowest BCUT2D eigenvalue weighted by Crippen LogP contribution is -2.43. The molecule has 2 unspecified atom stereocenters. The zero-order valence-corrected chi connectivity index (χ0v) is 11.6. The smallest absolute Gasteiger partial charge is 0.225 e. The van der Waals surface area contributed by atoms with Gasteiger partial charge in [0.2, 0.25) is 5.91 Å². The van der Waals surface area contributed by atoms with Gasteiger partial charge >= 0.3 is 0 Å². The van der Waals surface area contributed by atoms with Crippen LogP contribution in [0, 0.1) is 5.92 Å². The number of nitrogens with one attached hydrogen (secondary N) is 1. The maximum absolute atomic E-state index is 12.1. The van der Waals surface area contributed by atoms with Gasteiger partial charge in [0, 0.05) is 31.8 Å². The fourth-order valence-corrected chi connectivity index (χ4v) is 2.69. The van der Waals surface area contributed by atoms with Gasteiger partial charge in [-0.25, -0.2) is 8.42 Å². The van der Waals surface area contributed by atoms with Crippen molar-refractivity contribution in [2.24, 2.45) is 5.92 Å². The van der Waals surface area contributed by atoms with Gasteiger partial charge in [0.1, 0.15) is 9.84 Å². The maximum atomic E-state index is 12.1. The molecule has 0 saturated carbocycles. The van der Waals surface area contributed by atoms with Gasteiger partial charge in [-0.3, -0.25) is 4.79 Å². The van der Waals surface area contributed by atoms with E-state index >= 15 is 0 Å². The lowest BCUT2D eigenvalue weighted by Gasteiger charge is -2.30. The summed E-state index contributed by atoms with van der Waals surface area (Å²) >= 11 is 0. The van der Waals surface area contributed by atoms with Crippen molar-refractivity contribution in [3.63, 3.8) is 0 Å². The molecule has 0 radical (unpaired) electrons. The molecule has 0 aliphatic carbocycles. The minimum Gasteiger partial charge on any atom is -0.345 e. The van der Waals surface area contributed by atoms with E-state index in [1.165, 1.54) is 6.26 Å². The van der Waals surface area contributed by atoms with Gasteiger partial charge in [-0.15, -0.1) is 0 Å². The van der Waals surface area contributed by atoms with Crippen LogP contribution in [0.4, 0.5) is 0 Å². The number of carbonyl (C=O) groups is 1. The van der Waals surface area contributed by atoms with Crippen LogP contribution in [0.25, 0.3) is 0 Å². The maximum Gasteiger partial charge on any atom is 0.225 e. The molecule has 0 aromatic heterocycles. The summed E-state index contributed by atoms with van der Waals surface area (Å²) in [6, 6.07) is 0.362. The molecule has 1 aliphatic heterocycles. The molecule has 1 saturated heterocycles. The van der Waals surface area contributed by atoms with E-state index in [0.717, 1.165) is 19.4 Å². The molecular formula is C11H22N2O3S. The molecule has 1 rings (SSSR count). The molecule has 5 nitrogen and oxygen atoms in total. The minimum atomic E-state index is -3.00. The second-order valence-corrected chi connectivity index (χ2v) is 7.23. The van der Waals surface area contributed by atoms with Gasteiger partial charge in [0.05, 0.1) is 5.75 Å². The van der Waals surface area contributed by atoms with Gasteiger partial charge < -0.3 is 10.2 Å². The van der Waals surface area contributed by atoms with Crippen LogP contribution in [0.15, 0.2) is 0 Å². The number of nitrogens with zero attached hydrogens (tertiary/aromatic N) is 1. The van der Waals surface area contributed by atoms with Crippen LogP contribution in [0.2, 0.25) is 0 Å². The zero-order valence-electron chi connectivity index (χ0n) is 10.8. The second-order valence-electron chi connectivity index (χ2n) is 4.97. The van der Waals surface area contributed by atoms with Crippen molar-refractivity contribution in [1.82, 2.24) is 10.2 Å². The summed E-state index contributed by atoms with van der Waals surface area (Å²) in [5.74, 6) is 0.147. The topological polar surface area (TPSA) is 66.5 Å². The molecule has 6 heteroatoms. The Kier molecular flexibility index (Phi) is 4.94. The Balaban J connectivity index is 2.45. The van der Waals surface area contributed by atoms with Crippen molar-refractivity contribution in [2.45, 2.75) is 25.8 Å². The van der Waals surface area contributed by atoms with E-state index in [1.807, 2.05) is 0 Å². The fraction of sp³-hybridized carbons (Fsp3) is 0.909. The van der Waals surface area contributed by atoms with Crippen molar-refractivity contribution < 1.29 is 13.2 Å². The van der Waals surface area contributed by atoms with Gasteiger partial charge in [0.15, 0.2) is 0 Å². The van der Waals surface area contributed by atoms with Gasteiger partial charge in [-0.05, 0) is 26.3 Å². The number of hydrogen-bond acceptors (Lipinski definition) is 4. The standard InChI is InChI=1S/C11H22N2O3S/c1-9-8-10(4-5-12-9)11(14)13(2)6-7-17(3,15)16/h9-10,12H,4-8H2,1-3H3. The van der Waals surface area contributed by atoms with Crippen LogP contribution in [-0.2, 0) is 14.6 Å². The second kappa shape index (κ2) is 5.82. The van der Waals surface area contributed by atoms with Gasteiger partial charge in [-0.1, -0.05) is 0 Å². The Bertz CT molecular complexity index is 367. The third-order valence-electron chi connectivity index (χ3n) is 3.15. The highest BCUT2D eigenvalue weighted by molar-refractivity contribution is 7.90. The fourth-order valence-electron chi connectivity index (χ4n) is 2.08. The highest BCUT2D eigenvalue weighted by Crippen LogP contribution is 2.18. The molecule has 0 spiro atoms. The third-order valence-corrected chi connectivity index (χ3v) is 4.07. The number of amides is 1. The van der Waals surface area contributed by atoms with Crippen molar-refractivity contribution in [2.75, 3.05) is 32.1 Å². The van der Waals surface area contributed by atoms with E-state index < -0.39 is 9.84 Å². The molecular weight excluding hydrogens is 240 g/mol. The molecule has 0 aromatic carbocycles. The summed E-state index contributed by atoms with van der Waals surface area (Å²) in [6.45, 7) is 3.21. The summed E-state index contributed by atoms with van der Waals surface area (Å²) in [6.07, 6.45) is 2.87. The van der Waals surface area contributed by atoms with Crippen molar-refractivity contribution >= 4 is 15.7 Å². The first-order valence-corrected chi connectivity index (χ1v) is 8.01. The average molecular weight is 262 g/mol. The molecule has 1 amide bonds. The van der Waals surface area contributed by atoms with Crippen LogP contribution in [0.1, 0.15) is 19.8 Å². The van der Waals surface area contributed by atoms with E-state index in [4.69, 9.17) is 0 Å². The Morgan fingerprint density at radius 1 is 1.47 bits per heavy atom. The van der Waals surface area contributed by atoms with Gasteiger partial charge in [-0.2, -0.15) is 0 Å². The SMILES string of the molecule is CC1CC(C(=O)N(C)CCS(C)(=O)=O)CCN1. The average Bonchev–Trinajstić information content (AvgIpc) is 2.24. The first kappa shape index (κ1) is 14.4. The quantitative estimate of drug-likeness (QED) is 0.767. The molecule has 2 atom stereocenters. The van der Waals surface area contributed by atoms with Gasteiger partial charge in [0.25, 0.3) is 0 Å². The first-order valence-electron chi connectivity index (χ1n) is 5.95. The van der Waals surface area contributed by atoms with Crippen molar-refractivity contribution in [1.29, 1.82) is 0 Å². The third kappa shape index (κ3) is 5.04. The zero-order chi connectivity index (χ0) is 13.1. The molecule has 0 aromatic rings. The van der Waals surface area contributed by atoms with E-state index in [9.17, 15) is 13.2 Å². The van der Waals surface area contributed by atoms with Crippen molar-refractivity contribution in [3.8, 4) is 0 Å². The highest BCUT2D eigenvalue weighted by Gasteiger charge is 2.27. The molecule has 1 N–H and O–H groups in total. The lowest BCUT2D eigenvalue weighted by atomic mass is 9.92. The van der Waals surface area contributed by atoms with Crippen LogP contribution < -0.4 is 5.32 Å². The highest BCUT2D eigenvalue weighted by atomic mass is 32.2. The van der Waals surface area contributed by atoms with Crippen LogP contribution in [0.5, 0.6) is 0 Å². The Morgan fingerprint density at radius 2 is 2.12 bits per heavy atom. The molecule has 1 fully saturated rings. The van der Waals surface area contributed by atoms with E-state index in [0.29, 0.717) is 6.04 Å². The van der Waals surface area contributed by atoms with Crippen molar-refractivity contribution in [3.05, 3.63) is 0 Å². The lowest BCUT2D eigenvalue weighted by molar-refractivity contribution is -0.135. The minimum absolute atomic E-state index is 0.0375. The van der Waals surface area contributed by atoms with E-state index in [1.54, 1.807) is 11.9 Å². The van der Waals surface area contributed by atoms with Crippen LogP contribution >= 0.6 is 0 Å². The van der Waals surface area contributed by atoms with E-state index in [-0.39, 0.29) is 24.1 Å².